The summed E-state index contributed by atoms with van der Waals surface area (Å²) in [5.41, 5.74) is 2.67. The van der Waals surface area contributed by atoms with Gasteiger partial charge in [0.2, 0.25) is 0 Å². The van der Waals surface area contributed by atoms with Crippen LogP contribution in [0.1, 0.15) is 36.1 Å². The van der Waals surface area contributed by atoms with Crippen molar-refractivity contribution in [1.82, 2.24) is 29.3 Å². The van der Waals surface area contributed by atoms with Crippen LogP contribution in [0.4, 0.5) is 0 Å². The molecule has 7 nitrogen and oxygen atoms in total. The molecule has 2 aromatic heterocycles. The Hall–Kier alpha value is -3.06. The fourth-order valence-corrected chi connectivity index (χ4v) is 5.04. The Morgan fingerprint density at radius 2 is 1.80 bits per heavy atom. The molecule has 4 heterocycles. The van der Waals surface area contributed by atoms with Gasteiger partial charge in [0.05, 0.1) is 23.6 Å². The number of carbonyl (C=O) groups is 1. The Kier molecular flexibility index (Phi) is 4.83. The van der Waals surface area contributed by atoms with Crippen molar-refractivity contribution >= 4 is 5.91 Å². The summed E-state index contributed by atoms with van der Waals surface area (Å²) in [6, 6.07) is 10.5. The Bertz CT molecular complexity index is 1020. The molecule has 0 bridgehead atoms. The predicted molar refractivity (Wildman–Crippen MR) is 114 cm³/mol. The van der Waals surface area contributed by atoms with E-state index < -0.39 is 0 Å². The predicted octanol–water partition coefficient (Wildman–Crippen LogP) is 2.81. The van der Waals surface area contributed by atoms with E-state index in [0.717, 1.165) is 38.3 Å². The summed E-state index contributed by atoms with van der Waals surface area (Å²) in [4.78, 5) is 30.5. The lowest BCUT2D eigenvalue weighted by atomic mass is 9.83. The highest BCUT2D eigenvalue weighted by Gasteiger charge is 2.47. The summed E-state index contributed by atoms with van der Waals surface area (Å²) < 4.78 is 2.39. The maximum atomic E-state index is 12.8. The first-order valence-corrected chi connectivity index (χ1v) is 10.6. The second-order valence-corrected chi connectivity index (χ2v) is 7.98. The van der Waals surface area contributed by atoms with E-state index in [4.69, 9.17) is 4.98 Å². The number of imidazole rings is 1. The number of amides is 1. The van der Waals surface area contributed by atoms with Gasteiger partial charge in [-0.2, -0.15) is 0 Å². The van der Waals surface area contributed by atoms with Crippen LogP contribution < -0.4 is 0 Å². The molecule has 154 valence electrons. The van der Waals surface area contributed by atoms with Crippen LogP contribution in [0, 0.1) is 0 Å². The number of piperidine rings is 1. The lowest BCUT2D eigenvalue weighted by Gasteiger charge is -2.50. The van der Waals surface area contributed by atoms with Crippen molar-refractivity contribution in [3.63, 3.8) is 0 Å². The van der Waals surface area contributed by atoms with Crippen LogP contribution in [0.5, 0.6) is 0 Å². The van der Waals surface area contributed by atoms with E-state index in [9.17, 15) is 4.79 Å². The Morgan fingerprint density at radius 3 is 2.50 bits per heavy atom. The summed E-state index contributed by atoms with van der Waals surface area (Å²) in [5.74, 6) is 1.10. The summed E-state index contributed by atoms with van der Waals surface area (Å²) in [7, 11) is 0. The molecule has 1 aromatic carbocycles. The average molecular weight is 403 g/mol. The van der Waals surface area contributed by atoms with Crippen LogP contribution >= 0.6 is 0 Å². The third kappa shape index (κ3) is 3.01. The normalized spacial score (nSPS) is 18.4. The molecule has 7 heteroatoms. The van der Waals surface area contributed by atoms with Gasteiger partial charge in [-0.1, -0.05) is 37.3 Å². The molecular weight excluding hydrogens is 376 g/mol. The molecule has 0 aliphatic carbocycles. The zero-order valence-electron chi connectivity index (χ0n) is 17.2. The van der Waals surface area contributed by atoms with Gasteiger partial charge in [-0.15, -0.1) is 0 Å². The first-order valence-electron chi connectivity index (χ1n) is 10.6. The zero-order chi connectivity index (χ0) is 20.6. The van der Waals surface area contributed by atoms with Crippen LogP contribution in [0.25, 0.3) is 11.3 Å². The van der Waals surface area contributed by atoms with Crippen molar-refractivity contribution in [3.05, 3.63) is 66.6 Å². The van der Waals surface area contributed by atoms with Crippen molar-refractivity contribution in [3.8, 4) is 11.3 Å². The van der Waals surface area contributed by atoms with Gasteiger partial charge < -0.3 is 9.47 Å². The molecule has 1 amide bonds. The van der Waals surface area contributed by atoms with Gasteiger partial charge in [0, 0.05) is 38.6 Å². The third-order valence-corrected chi connectivity index (χ3v) is 6.58. The van der Waals surface area contributed by atoms with Gasteiger partial charge in [-0.05, 0) is 24.9 Å². The molecule has 1 fully saturated rings. The Labute approximate surface area is 176 Å². The molecule has 3 aromatic rings. The molecule has 2 aliphatic rings. The van der Waals surface area contributed by atoms with E-state index in [1.165, 1.54) is 11.3 Å². The van der Waals surface area contributed by atoms with Gasteiger partial charge >= 0.3 is 0 Å². The highest BCUT2D eigenvalue weighted by atomic mass is 16.2. The molecule has 30 heavy (non-hydrogen) atoms. The van der Waals surface area contributed by atoms with Crippen LogP contribution in [-0.4, -0.2) is 61.4 Å². The van der Waals surface area contributed by atoms with Crippen molar-refractivity contribution in [2.45, 2.75) is 31.8 Å². The summed E-state index contributed by atoms with van der Waals surface area (Å²) in [6.07, 6.45) is 8.47. The number of likely N-dealkylation sites (N-methyl/N-ethyl adjacent to an activating group) is 1. The highest BCUT2D eigenvalue weighted by molar-refractivity contribution is 5.92. The van der Waals surface area contributed by atoms with Gasteiger partial charge in [0.1, 0.15) is 11.5 Å². The monoisotopic (exact) mass is 402 g/mol. The lowest BCUT2D eigenvalue weighted by molar-refractivity contribution is -0.00329. The van der Waals surface area contributed by atoms with E-state index in [1.54, 1.807) is 18.6 Å². The lowest BCUT2D eigenvalue weighted by Crippen LogP contribution is -2.58. The number of nitrogens with zero attached hydrogens (tertiary/aromatic N) is 6. The third-order valence-electron chi connectivity index (χ3n) is 6.58. The van der Waals surface area contributed by atoms with Crippen LogP contribution in [0.2, 0.25) is 0 Å². The molecule has 0 saturated carbocycles. The molecular formula is C23H26N6O. The van der Waals surface area contributed by atoms with Crippen molar-refractivity contribution in [2.75, 3.05) is 26.2 Å². The minimum atomic E-state index is -0.126. The first kappa shape index (κ1) is 18.9. The molecule has 0 radical (unpaired) electrons. The number of likely N-dealkylation sites (tertiary alicyclic amines) is 1. The van der Waals surface area contributed by atoms with Crippen molar-refractivity contribution < 1.29 is 4.79 Å². The van der Waals surface area contributed by atoms with Crippen molar-refractivity contribution in [2.24, 2.45) is 0 Å². The Morgan fingerprint density at radius 1 is 1.00 bits per heavy atom. The molecule has 1 saturated heterocycles. The number of hydrogen-bond donors (Lipinski definition) is 0. The maximum Gasteiger partial charge on any atom is 0.274 e. The summed E-state index contributed by atoms with van der Waals surface area (Å²) in [6.45, 7) is 6.52. The fourth-order valence-electron chi connectivity index (χ4n) is 5.04. The number of hydrogen-bond acceptors (Lipinski definition) is 5. The summed E-state index contributed by atoms with van der Waals surface area (Å²) >= 11 is 0. The second kappa shape index (κ2) is 7.65. The zero-order valence-corrected chi connectivity index (χ0v) is 17.2. The molecule has 2 aliphatic heterocycles. The minimum Gasteiger partial charge on any atom is -0.337 e. The number of benzene rings is 1. The van der Waals surface area contributed by atoms with Crippen LogP contribution in [0.15, 0.2) is 55.1 Å². The molecule has 0 N–H and O–H groups in total. The molecule has 5 rings (SSSR count). The van der Waals surface area contributed by atoms with E-state index in [2.05, 4.69) is 50.6 Å². The molecule has 0 unspecified atom stereocenters. The number of aromatic nitrogens is 4. The maximum absolute atomic E-state index is 12.8. The smallest absolute Gasteiger partial charge is 0.274 e. The van der Waals surface area contributed by atoms with Gasteiger partial charge in [0.25, 0.3) is 5.91 Å². The fraction of sp³-hybridized carbons (Fsp3) is 0.391. The van der Waals surface area contributed by atoms with Crippen LogP contribution in [0.3, 0.4) is 0 Å². The summed E-state index contributed by atoms with van der Waals surface area (Å²) in [5, 5.41) is 0. The topological polar surface area (TPSA) is 67.2 Å². The van der Waals surface area contributed by atoms with Crippen LogP contribution in [-0.2, 0) is 12.1 Å². The average Bonchev–Trinajstić information content (AvgIpc) is 3.26. The van der Waals surface area contributed by atoms with Gasteiger partial charge in [-0.25, -0.2) is 9.97 Å². The van der Waals surface area contributed by atoms with Crippen molar-refractivity contribution in [1.29, 1.82) is 0 Å². The highest BCUT2D eigenvalue weighted by Crippen LogP contribution is 2.42. The number of fused-ring (bicyclic) bond motifs is 2. The Balaban J connectivity index is 1.44. The largest absolute Gasteiger partial charge is 0.337 e. The number of carbonyl (C=O) groups excluding carboxylic acids is 1. The molecule has 1 spiro atoms. The van der Waals surface area contributed by atoms with Gasteiger partial charge in [0.15, 0.2) is 0 Å². The quantitative estimate of drug-likeness (QED) is 0.674. The van der Waals surface area contributed by atoms with E-state index >= 15 is 0 Å². The first-order chi connectivity index (χ1) is 14.7. The van der Waals surface area contributed by atoms with E-state index in [1.807, 2.05) is 17.2 Å². The standard InChI is InChI=1S/C23H26N6O/c1-2-28-14-15-29-20(18-6-4-3-5-7-18)17-26-22(29)23(28)8-12-27(13-9-23)21(30)19-16-24-10-11-25-19/h3-7,10-11,16-17H,2,8-9,12-15H2,1H3. The van der Waals surface area contributed by atoms with E-state index in [0.29, 0.717) is 18.8 Å². The SMILES string of the molecule is CCN1CCn2c(-c3ccccc3)cnc2C12CCN(C(=O)c1cnccn1)CC2. The minimum absolute atomic E-state index is 0.0369. The number of rotatable bonds is 3. The second-order valence-electron chi connectivity index (χ2n) is 7.98. The van der Waals surface area contributed by atoms with Gasteiger partial charge in [-0.3, -0.25) is 14.7 Å². The van der Waals surface area contributed by atoms with E-state index in [-0.39, 0.29) is 11.4 Å². The molecule has 0 atom stereocenters.